The maximum atomic E-state index is 12.1. The highest BCUT2D eigenvalue weighted by Crippen LogP contribution is 2.19. The third-order valence-corrected chi connectivity index (χ3v) is 4.16. The van der Waals surface area contributed by atoms with E-state index in [9.17, 15) is 8.42 Å². The molecule has 96 valence electrons. The summed E-state index contributed by atoms with van der Waals surface area (Å²) in [6.45, 7) is 5.70. The van der Waals surface area contributed by atoms with Gasteiger partial charge in [-0.15, -0.1) is 0 Å². The van der Waals surface area contributed by atoms with Gasteiger partial charge in [-0.05, 0) is 18.9 Å². The number of hydrogen-bond donors (Lipinski definition) is 3. The summed E-state index contributed by atoms with van der Waals surface area (Å²) in [5, 5.41) is 0. The van der Waals surface area contributed by atoms with Crippen molar-refractivity contribution >= 4 is 15.7 Å². The van der Waals surface area contributed by atoms with Gasteiger partial charge in [-0.1, -0.05) is 13.8 Å². The molecule has 7 heteroatoms. The van der Waals surface area contributed by atoms with E-state index in [1.54, 1.807) is 0 Å². The average Bonchev–Trinajstić information content (AvgIpc) is 2.28. The molecule has 6 nitrogen and oxygen atoms in total. The lowest BCUT2D eigenvalue weighted by molar-refractivity contribution is 0.476. The van der Waals surface area contributed by atoms with E-state index in [-0.39, 0.29) is 16.9 Å². The van der Waals surface area contributed by atoms with E-state index >= 15 is 0 Å². The van der Waals surface area contributed by atoms with Crippen LogP contribution in [0.3, 0.4) is 0 Å². The maximum Gasteiger partial charge on any atom is 0.244 e. The Morgan fingerprint density at radius 1 is 1.35 bits per heavy atom. The average molecular weight is 258 g/mol. The number of nitrogen functional groups attached to an aromatic ring is 1. The lowest BCUT2D eigenvalue weighted by atomic mass is 10.1. The fraction of sp³-hybridized carbons (Fsp3) is 0.500. The molecule has 0 spiro atoms. The number of anilines is 1. The minimum absolute atomic E-state index is 0.0509. The van der Waals surface area contributed by atoms with E-state index in [4.69, 9.17) is 5.84 Å². The molecule has 0 radical (unpaired) electrons. The monoisotopic (exact) mass is 258 g/mol. The van der Waals surface area contributed by atoms with Gasteiger partial charge >= 0.3 is 0 Å². The normalized spacial score (nSPS) is 13.7. The van der Waals surface area contributed by atoms with Crippen LogP contribution in [0.5, 0.6) is 0 Å². The highest BCUT2D eigenvalue weighted by molar-refractivity contribution is 7.89. The van der Waals surface area contributed by atoms with Crippen LogP contribution in [0.4, 0.5) is 5.69 Å². The van der Waals surface area contributed by atoms with Gasteiger partial charge in [-0.3, -0.25) is 10.8 Å². The molecule has 0 saturated heterocycles. The summed E-state index contributed by atoms with van der Waals surface area (Å²) < 4.78 is 26.7. The second-order valence-corrected chi connectivity index (χ2v) is 5.85. The molecule has 1 unspecified atom stereocenters. The maximum absolute atomic E-state index is 12.1. The van der Waals surface area contributed by atoms with Crippen LogP contribution in [0.15, 0.2) is 23.4 Å². The number of nitrogens with zero attached hydrogens (tertiary/aromatic N) is 1. The molecule has 0 amide bonds. The Labute approximate surface area is 102 Å². The Hall–Kier alpha value is -1.18. The summed E-state index contributed by atoms with van der Waals surface area (Å²) in [7, 11) is -3.60. The Morgan fingerprint density at radius 3 is 2.53 bits per heavy atom. The van der Waals surface area contributed by atoms with Gasteiger partial charge in [0.05, 0.1) is 5.69 Å². The van der Waals surface area contributed by atoms with Gasteiger partial charge in [0.1, 0.15) is 4.90 Å². The first kappa shape index (κ1) is 13.9. The van der Waals surface area contributed by atoms with Crippen LogP contribution in [-0.4, -0.2) is 19.4 Å². The molecule has 1 aromatic rings. The largest absolute Gasteiger partial charge is 0.323 e. The Morgan fingerprint density at radius 2 is 2.00 bits per heavy atom. The van der Waals surface area contributed by atoms with E-state index in [1.807, 2.05) is 20.8 Å². The molecule has 1 rings (SSSR count). The number of sulfonamides is 1. The van der Waals surface area contributed by atoms with Gasteiger partial charge in [-0.2, -0.15) is 0 Å². The van der Waals surface area contributed by atoms with E-state index in [1.165, 1.54) is 18.5 Å². The SMILES string of the molecule is CC(C)C(C)NS(=O)(=O)c1cnccc1NN. The quantitative estimate of drug-likeness (QED) is 0.533. The van der Waals surface area contributed by atoms with E-state index in [2.05, 4.69) is 15.1 Å². The number of pyridine rings is 1. The van der Waals surface area contributed by atoms with Crippen LogP contribution in [0.2, 0.25) is 0 Å². The highest BCUT2D eigenvalue weighted by atomic mass is 32.2. The number of hydrazine groups is 1. The molecule has 0 aliphatic rings. The van der Waals surface area contributed by atoms with Crippen molar-refractivity contribution in [2.75, 3.05) is 5.43 Å². The van der Waals surface area contributed by atoms with Gasteiger partial charge in [0, 0.05) is 18.4 Å². The minimum Gasteiger partial charge on any atom is -0.323 e. The summed E-state index contributed by atoms with van der Waals surface area (Å²) >= 11 is 0. The molecule has 0 bridgehead atoms. The number of nitrogens with one attached hydrogen (secondary N) is 2. The number of aromatic nitrogens is 1. The third kappa shape index (κ3) is 3.39. The van der Waals surface area contributed by atoms with Crippen molar-refractivity contribution in [2.24, 2.45) is 11.8 Å². The predicted octanol–water partition coefficient (Wildman–Crippen LogP) is 0.690. The Balaban J connectivity index is 3.05. The van der Waals surface area contributed by atoms with Crippen LogP contribution in [0.1, 0.15) is 20.8 Å². The molecule has 4 N–H and O–H groups in total. The van der Waals surface area contributed by atoms with E-state index < -0.39 is 10.0 Å². The molecule has 17 heavy (non-hydrogen) atoms. The molecule has 0 aliphatic heterocycles. The highest BCUT2D eigenvalue weighted by Gasteiger charge is 2.22. The van der Waals surface area contributed by atoms with Crippen molar-refractivity contribution in [3.8, 4) is 0 Å². The second kappa shape index (κ2) is 5.44. The zero-order chi connectivity index (χ0) is 13.1. The first-order valence-electron chi connectivity index (χ1n) is 5.31. The summed E-state index contributed by atoms with van der Waals surface area (Å²) in [6.07, 6.45) is 2.74. The van der Waals surface area contributed by atoms with Crippen LogP contribution in [-0.2, 0) is 10.0 Å². The minimum atomic E-state index is -3.60. The number of rotatable bonds is 5. The van der Waals surface area contributed by atoms with Crippen LogP contribution >= 0.6 is 0 Å². The van der Waals surface area contributed by atoms with Gasteiger partial charge in [0.15, 0.2) is 0 Å². The molecule has 0 aliphatic carbocycles. The smallest absolute Gasteiger partial charge is 0.244 e. The number of nitrogens with two attached hydrogens (primary N) is 1. The molecule has 0 fully saturated rings. The standard InChI is InChI=1S/C10H18N4O2S/c1-7(2)8(3)14-17(15,16)10-6-12-5-4-9(10)13-11/h4-8,14H,11H2,1-3H3,(H,12,13). The molecule has 1 aromatic heterocycles. The number of hydrogen-bond acceptors (Lipinski definition) is 5. The van der Waals surface area contributed by atoms with E-state index in [0.29, 0.717) is 5.69 Å². The van der Waals surface area contributed by atoms with Crippen LogP contribution in [0.25, 0.3) is 0 Å². The van der Waals surface area contributed by atoms with Gasteiger partial charge in [-0.25, -0.2) is 13.1 Å². The van der Waals surface area contributed by atoms with E-state index in [0.717, 1.165) is 0 Å². The molecule has 1 heterocycles. The van der Waals surface area contributed by atoms with Gasteiger partial charge < -0.3 is 5.43 Å². The van der Waals surface area contributed by atoms with Gasteiger partial charge in [0.25, 0.3) is 0 Å². The first-order valence-corrected chi connectivity index (χ1v) is 6.79. The van der Waals surface area contributed by atoms with Gasteiger partial charge in [0.2, 0.25) is 10.0 Å². The lowest BCUT2D eigenvalue weighted by Crippen LogP contribution is -2.36. The Bertz CT molecular complexity index is 473. The summed E-state index contributed by atoms with van der Waals surface area (Å²) in [6, 6.07) is 1.35. The third-order valence-electron chi connectivity index (χ3n) is 2.57. The second-order valence-electron chi connectivity index (χ2n) is 4.17. The fourth-order valence-electron chi connectivity index (χ4n) is 1.16. The van der Waals surface area contributed by atoms with Crippen molar-refractivity contribution in [1.82, 2.24) is 9.71 Å². The van der Waals surface area contributed by atoms with Crippen molar-refractivity contribution in [3.05, 3.63) is 18.5 Å². The first-order chi connectivity index (χ1) is 7.88. The van der Waals surface area contributed by atoms with Crippen LogP contribution < -0.4 is 16.0 Å². The molecule has 0 saturated carbocycles. The zero-order valence-electron chi connectivity index (χ0n) is 10.1. The summed E-state index contributed by atoms with van der Waals surface area (Å²) in [4.78, 5) is 3.85. The molecular weight excluding hydrogens is 240 g/mol. The molecule has 0 aromatic carbocycles. The topological polar surface area (TPSA) is 97.1 Å². The summed E-state index contributed by atoms with van der Waals surface area (Å²) in [5.41, 5.74) is 2.67. The van der Waals surface area contributed by atoms with Crippen molar-refractivity contribution in [3.63, 3.8) is 0 Å². The Kier molecular flexibility index (Phi) is 4.44. The zero-order valence-corrected chi connectivity index (χ0v) is 11.0. The fourth-order valence-corrected chi connectivity index (χ4v) is 2.66. The molecular formula is C10H18N4O2S. The lowest BCUT2D eigenvalue weighted by Gasteiger charge is -2.18. The van der Waals surface area contributed by atoms with Crippen molar-refractivity contribution in [1.29, 1.82) is 0 Å². The van der Waals surface area contributed by atoms with Crippen molar-refractivity contribution in [2.45, 2.75) is 31.7 Å². The van der Waals surface area contributed by atoms with Crippen molar-refractivity contribution < 1.29 is 8.42 Å². The predicted molar refractivity (Wildman–Crippen MR) is 66.7 cm³/mol. The van der Waals surface area contributed by atoms with Crippen LogP contribution in [0, 0.1) is 5.92 Å². The summed E-state index contributed by atoms with van der Waals surface area (Å²) in [5.74, 6) is 5.47. The molecule has 1 atom stereocenters.